The van der Waals surface area contributed by atoms with Crippen molar-refractivity contribution in [2.24, 2.45) is 11.8 Å². The SMILES string of the molecule is CC(C)C[C@H](NC(=O)CNC(=O)CC1CCC1)C(=O)O. The first kappa shape index (κ1) is 16.5. The van der Waals surface area contributed by atoms with Crippen LogP contribution in [0.4, 0.5) is 0 Å². The highest BCUT2D eigenvalue weighted by Gasteiger charge is 2.23. The Labute approximate surface area is 119 Å². The molecule has 0 saturated heterocycles. The summed E-state index contributed by atoms with van der Waals surface area (Å²) < 4.78 is 0. The van der Waals surface area contributed by atoms with Gasteiger partial charge in [0.1, 0.15) is 6.04 Å². The lowest BCUT2D eigenvalue weighted by molar-refractivity contribution is -0.142. The van der Waals surface area contributed by atoms with Crippen LogP contribution in [0.2, 0.25) is 0 Å². The number of carbonyl (C=O) groups excluding carboxylic acids is 2. The Morgan fingerprint density at radius 3 is 2.30 bits per heavy atom. The van der Waals surface area contributed by atoms with Gasteiger partial charge in [0.15, 0.2) is 0 Å². The second kappa shape index (κ2) is 7.87. The van der Waals surface area contributed by atoms with Gasteiger partial charge in [-0.2, -0.15) is 0 Å². The van der Waals surface area contributed by atoms with E-state index in [1.54, 1.807) is 0 Å². The second-order valence-electron chi connectivity index (χ2n) is 5.87. The Balaban J connectivity index is 2.26. The van der Waals surface area contributed by atoms with E-state index in [-0.39, 0.29) is 18.4 Å². The minimum Gasteiger partial charge on any atom is -0.480 e. The zero-order valence-corrected chi connectivity index (χ0v) is 12.1. The van der Waals surface area contributed by atoms with E-state index < -0.39 is 17.9 Å². The summed E-state index contributed by atoms with van der Waals surface area (Å²) in [5, 5.41) is 14.0. The maximum absolute atomic E-state index is 11.6. The number of hydrogen-bond acceptors (Lipinski definition) is 3. The van der Waals surface area contributed by atoms with Gasteiger partial charge in [0, 0.05) is 6.42 Å². The Kier molecular flexibility index (Phi) is 6.48. The summed E-state index contributed by atoms with van der Waals surface area (Å²) >= 11 is 0. The van der Waals surface area contributed by atoms with Crippen molar-refractivity contribution < 1.29 is 19.5 Å². The van der Waals surface area contributed by atoms with Crippen molar-refractivity contribution in [3.63, 3.8) is 0 Å². The Morgan fingerprint density at radius 2 is 1.85 bits per heavy atom. The molecule has 3 N–H and O–H groups in total. The number of carboxylic acids is 1. The molecule has 1 rings (SSSR count). The molecule has 1 saturated carbocycles. The normalized spacial score (nSPS) is 16.4. The van der Waals surface area contributed by atoms with Crippen LogP contribution in [0.15, 0.2) is 0 Å². The molecule has 2 amide bonds. The number of carboxylic acid groups (broad SMARTS) is 1. The monoisotopic (exact) mass is 284 g/mol. The van der Waals surface area contributed by atoms with Gasteiger partial charge in [-0.05, 0) is 31.1 Å². The first-order valence-electron chi connectivity index (χ1n) is 7.17. The topological polar surface area (TPSA) is 95.5 Å². The molecule has 0 unspecified atom stereocenters. The van der Waals surface area contributed by atoms with Crippen molar-refractivity contribution in [2.45, 2.75) is 52.0 Å². The van der Waals surface area contributed by atoms with Crippen LogP contribution in [0.3, 0.4) is 0 Å². The van der Waals surface area contributed by atoms with E-state index >= 15 is 0 Å². The number of hydrogen-bond donors (Lipinski definition) is 3. The number of carbonyl (C=O) groups is 3. The average Bonchev–Trinajstić information content (AvgIpc) is 2.29. The van der Waals surface area contributed by atoms with Crippen LogP contribution in [0.1, 0.15) is 46.0 Å². The van der Waals surface area contributed by atoms with Gasteiger partial charge in [0.2, 0.25) is 11.8 Å². The molecule has 0 radical (unpaired) electrons. The lowest BCUT2D eigenvalue weighted by atomic mass is 9.83. The Hall–Kier alpha value is -1.59. The van der Waals surface area contributed by atoms with Crippen molar-refractivity contribution in [3.8, 4) is 0 Å². The number of rotatable bonds is 8. The first-order chi connectivity index (χ1) is 9.38. The molecule has 6 heteroatoms. The summed E-state index contributed by atoms with van der Waals surface area (Å²) in [7, 11) is 0. The van der Waals surface area contributed by atoms with Crippen LogP contribution in [-0.4, -0.2) is 35.5 Å². The Bertz CT molecular complexity index is 364. The second-order valence-corrected chi connectivity index (χ2v) is 5.87. The predicted octanol–water partition coefficient (Wildman–Crippen LogP) is 0.908. The van der Waals surface area contributed by atoms with Crippen LogP contribution in [0, 0.1) is 11.8 Å². The van der Waals surface area contributed by atoms with Crippen molar-refractivity contribution in [3.05, 3.63) is 0 Å². The molecular weight excluding hydrogens is 260 g/mol. The third-order valence-electron chi connectivity index (χ3n) is 3.49. The molecule has 1 aliphatic rings. The Morgan fingerprint density at radius 1 is 1.20 bits per heavy atom. The first-order valence-corrected chi connectivity index (χ1v) is 7.17. The molecule has 0 spiro atoms. The molecule has 20 heavy (non-hydrogen) atoms. The third kappa shape index (κ3) is 6.04. The molecule has 114 valence electrons. The maximum Gasteiger partial charge on any atom is 0.326 e. The zero-order chi connectivity index (χ0) is 15.1. The zero-order valence-electron chi connectivity index (χ0n) is 12.1. The minimum atomic E-state index is -1.05. The highest BCUT2D eigenvalue weighted by molar-refractivity contribution is 5.87. The molecule has 1 atom stereocenters. The van der Waals surface area contributed by atoms with Crippen LogP contribution in [0.25, 0.3) is 0 Å². The number of amides is 2. The van der Waals surface area contributed by atoms with Gasteiger partial charge < -0.3 is 15.7 Å². The van der Waals surface area contributed by atoms with Crippen LogP contribution < -0.4 is 10.6 Å². The van der Waals surface area contributed by atoms with E-state index in [9.17, 15) is 14.4 Å². The van der Waals surface area contributed by atoms with Crippen molar-refractivity contribution in [2.75, 3.05) is 6.54 Å². The quantitative estimate of drug-likeness (QED) is 0.617. The van der Waals surface area contributed by atoms with E-state index in [1.807, 2.05) is 13.8 Å². The van der Waals surface area contributed by atoms with E-state index in [0.717, 1.165) is 12.8 Å². The molecule has 0 aromatic rings. The fraction of sp³-hybridized carbons (Fsp3) is 0.786. The van der Waals surface area contributed by atoms with E-state index in [0.29, 0.717) is 18.8 Å². The van der Waals surface area contributed by atoms with E-state index in [2.05, 4.69) is 10.6 Å². The maximum atomic E-state index is 11.6. The summed E-state index contributed by atoms with van der Waals surface area (Å²) in [5.41, 5.74) is 0. The van der Waals surface area contributed by atoms with E-state index in [4.69, 9.17) is 5.11 Å². The van der Waals surface area contributed by atoms with Crippen LogP contribution >= 0.6 is 0 Å². The largest absolute Gasteiger partial charge is 0.480 e. The van der Waals surface area contributed by atoms with Crippen LogP contribution in [0.5, 0.6) is 0 Å². The van der Waals surface area contributed by atoms with Gasteiger partial charge in [-0.15, -0.1) is 0 Å². The van der Waals surface area contributed by atoms with Gasteiger partial charge in [-0.1, -0.05) is 20.3 Å². The lowest BCUT2D eigenvalue weighted by Crippen LogP contribution is -2.46. The molecule has 0 heterocycles. The molecule has 0 aromatic carbocycles. The molecule has 0 aliphatic heterocycles. The molecule has 6 nitrogen and oxygen atoms in total. The fourth-order valence-corrected chi connectivity index (χ4v) is 2.15. The van der Waals surface area contributed by atoms with Gasteiger partial charge in [-0.3, -0.25) is 9.59 Å². The molecule has 1 aliphatic carbocycles. The van der Waals surface area contributed by atoms with Gasteiger partial charge >= 0.3 is 5.97 Å². The molecule has 0 aromatic heterocycles. The summed E-state index contributed by atoms with van der Waals surface area (Å²) in [6, 6.07) is -0.897. The summed E-state index contributed by atoms with van der Waals surface area (Å²) in [6.07, 6.45) is 4.16. The highest BCUT2D eigenvalue weighted by Crippen LogP contribution is 2.28. The minimum absolute atomic E-state index is 0.138. The summed E-state index contributed by atoms with van der Waals surface area (Å²) in [6.45, 7) is 3.62. The van der Waals surface area contributed by atoms with Gasteiger partial charge in [-0.25, -0.2) is 4.79 Å². The van der Waals surface area contributed by atoms with Crippen molar-refractivity contribution in [1.29, 1.82) is 0 Å². The van der Waals surface area contributed by atoms with Crippen molar-refractivity contribution in [1.82, 2.24) is 10.6 Å². The third-order valence-corrected chi connectivity index (χ3v) is 3.49. The van der Waals surface area contributed by atoms with Crippen LogP contribution in [-0.2, 0) is 14.4 Å². The standard InChI is InChI=1S/C14H24N2O4/c1-9(2)6-11(14(19)20)16-13(18)8-15-12(17)7-10-4-3-5-10/h9-11H,3-8H2,1-2H3,(H,15,17)(H,16,18)(H,19,20)/t11-/m0/s1. The summed E-state index contributed by atoms with van der Waals surface area (Å²) in [5.74, 6) is -1.02. The molecule has 1 fully saturated rings. The lowest BCUT2D eigenvalue weighted by Gasteiger charge is -2.24. The predicted molar refractivity (Wildman–Crippen MR) is 74.0 cm³/mol. The number of aliphatic carboxylic acids is 1. The molecular formula is C14H24N2O4. The van der Waals surface area contributed by atoms with Crippen molar-refractivity contribution >= 4 is 17.8 Å². The smallest absolute Gasteiger partial charge is 0.326 e. The van der Waals surface area contributed by atoms with E-state index in [1.165, 1.54) is 6.42 Å². The molecule has 0 bridgehead atoms. The number of nitrogens with one attached hydrogen (secondary N) is 2. The highest BCUT2D eigenvalue weighted by atomic mass is 16.4. The van der Waals surface area contributed by atoms with Gasteiger partial charge in [0.25, 0.3) is 0 Å². The fourth-order valence-electron chi connectivity index (χ4n) is 2.15. The van der Waals surface area contributed by atoms with Gasteiger partial charge in [0.05, 0.1) is 6.54 Å². The average molecular weight is 284 g/mol. The summed E-state index contributed by atoms with van der Waals surface area (Å²) in [4.78, 5) is 34.2.